The molecule has 4 aromatic carbocycles. The fourth-order valence-corrected chi connectivity index (χ4v) is 6.90. The summed E-state index contributed by atoms with van der Waals surface area (Å²) in [6.45, 7) is 5.52. The fourth-order valence-electron chi connectivity index (χ4n) is 6.77. The molecular formula is C41H40ClN5O5. The van der Waals surface area contributed by atoms with Gasteiger partial charge in [-0.15, -0.1) is 0 Å². The summed E-state index contributed by atoms with van der Waals surface area (Å²) in [4.78, 5) is 67.1. The zero-order valence-corrected chi connectivity index (χ0v) is 30.0. The van der Waals surface area contributed by atoms with Crippen LogP contribution in [0.1, 0.15) is 45.6 Å². The van der Waals surface area contributed by atoms with Gasteiger partial charge in [0.1, 0.15) is 6.04 Å². The lowest BCUT2D eigenvalue weighted by Crippen LogP contribution is -2.50. The Hall–Kier alpha value is -5.74. The van der Waals surface area contributed by atoms with Crippen LogP contribution in [-0.4, -0.2) is 67.5 Å². The number of Topliss-reactive ketones (excluding diaryl/α,β-unsaturated/α-hetero) is 1. The van der Waals surface area contributed by atoms with Crippen LogP contribution in [0.2, 0.25) is 5.02 Å². The Kier molecular flexibility index (Phi) is 10.6. The van der Waals surface area contributed by atoms with Gasteiger partial charge in [0.25, 0.3) is 11.8 Å². The third kappa shape index (κ3) is 7.62. The van der Waals surface area contributed by atoms with Crippen LogP contribution >= 0.6 is 11.6 Å². The molecule has 2 aliphatic rings. The smallest absolute Gasteiger partial charge is 0.287 e. The summed E-state index contributed by atoms with van der Waals surface area (Å²) in [5.41, 5.74) is 8.71. The van der Waals surface area contributed by atoms with E-state index in [9.17, 15) is 24.0 Å². The molecule has 10 nitrogen and oxygen atoms in total. The second-order valence-corrected chi connectivity index (χ2v) is 13.7. The van der Waals surface area contributed by atoms with Crippen molar-refractivity contribution in [2.45, 2.75) is 31.8 Å². The lowest BCUT2D eigenvalue weighted by atomic mass is 9.89. The molecule has 0 radical (unpaired) electrons. The van der Waals surface area contributed by atoms with Crippen molar-refractivity contribution in [2.24, 2.45) is 5.92 Å². The minimum atomic E-state index is -0.888. The molecule has 52 heavy (non-hydrogen) atoms. The largest absolute Gasteiger partial charge is 0.361 e. The minimum Gasteiger partial charge on any atom is -0.361 e. The minimum absolute atomic E-state index is 0.0641. The van der Waals surface area contributed by atoms with Crippen LogP contribution in [0.25, 0.3) is 22.3 Å². The molecule has 4 N–H and O–H groups in total. The van der Waals surface area contributed by atoms with Crippen molar-refractivity contribution < 1.29 is 24.0 Å². The zero-order valence-electron chi connectivity index (χ0n) is 29.2. The van der Waals surface area contributed by atoms with Crippen molar-refractivity contribution in [3.8, 4) is 22.3 Å². The van der Waals surface area contributed by atoms with Gasteiger partial charge in [-0.05, 0) is 87.7 Å². The predicted molar refractivity (Wildman–Crippen MR) is 200 cm³/mol. The molecule has 11 heteroatoms. The quantitative estimate of drug-likeness (QED) is 0.165. The summed E-state index contributed by atoms with van der Waals surface area (Å²) >= 11 is 6.02. The molecule has 266 valence electrons. The van der Waals surface area contributed by atoms with Crippen molar-refractivity contribution in [1.82, 2.24) is 26.2 Å². The van der Waals surface area contributed by atoms with E-state index in [1.807, 2.05) is 66.7 Å². The third-order valence-electron chi connectivity index (χ3n) is 9.90. The molecular weight excluding hydrogens is 678 g/mol. The Labute approximate surface area is 307 Å². The van der Waals surface area contributed by atoms with Gasteiger partial charge in [0.05, 0.1) is 13.1 Å². The Balaban J connectivity index is 1.23. The number of fused-ring (bicyclic) bond motifs is 2. The molecule has 0 aromatic heterocycles. The number of rotatable bonds is 9. The van der Waals surface area contributed by atoms with Crippen molar-refractivity contribution in [1.29, 1.82) is 0 Å². The second kappa shape index (κ2) is 15.2. The number of nitrogens with zero attached hydrogens (tertiary/aromatic N) is 1. The average molecular weight is 718 g/mol. The molecule has 1 aliphatic heterocycles. The second-order valence-electron chi connectivity index (χ2n) is 13.3. The van der Waals surface area contributed by atoms with Crippen LogP contribution in [0, 0.1) is 5.92 Å². The highest BCUT2D eigenvalue weighted by Crippen LogP contribution is 2.40. The van der Waals surface area contributed by atoms with Crippen LogP contribution in [0.15, 0.2) is 97.2 Å². The molecule has 4 aromatic rings. The zero-order chi connectivity index (χ0) is 37.1. The number of likely N-dealkylation sites (N-methyl/N-ethyl adjacent to an activating group) is 2. The highest BCUT2D eigenvalue weighted by Gasteiger charge is 2.33. The molecule has 0 saturated carbocycles. The monoisotopic (exact) mass is 717 g/mol. The topological polar surface area (TPSA) is 137 Å². The number of halogens is 1. The van der Waals surface area contributed by atoms with Crippen LogP contribution in [0.4, 0.5) is 0 Å². The Morgan fingerprint density at radius 2 is 1.56 bits per heavy atom. The summed E-state index contributed by atoms with van der Waals surface area (Å²) in [5, 5.41) is 11.6. The van der Waals surface area contributed by atoms with Gasteiger partial charge in [0.15, 0.2) is 0 Å². The van der Waals surface area contributed by atoms with E-state index in [1.165, 1.54) is 7.05 Å². The Morgan fingerprint density at radius 1 is 0.923 bits per heavy atom. The molecule has 0 spiro atoms. The summed E-state index contributed by atoms with van der Waals surface area (Å²) in [6, 6.07) is 25.1. The average Bonchev–Trinajstić information content (AvgIpc) is 3.52. The first-order valence-corrected chi connectivity index (χ1v) is 17.4. The molecule has 1 aliphatic carbocycles. The summed E-state index contributed by atoms with van der Waals surface area (Å²) < 4.78 is 0. The number of hydrogen-bond acceptors (Lipinski definition) is 6. The number of amides is 4. The van der Waals surface area contributed by atoms with E-state index in [0.717, 1.165) is 45.4 Å². The molecule has 3 unspecified atom stereocenters. The maximum absolute atomic E-state index is 14.0. The van der Waals surface area contributed by atoms with Gasteiger partial charge in [-0.25, -0.2) is 0 Å². The SMILES string of the molecule is C=C(CNC(=O)c1ccc(-c2ccc(Cl)cc2)cc1)N(C)C1C(=O)NCC(=O)NC(C(C)C(=O)C(=O)NC)Cc2ccc3c(c2)-c2cc1ccc2C3. The lowest BCUT2D eigenvalue weighted by Gasteiger charge is -2.31. The van der Waals surface area contributed by atoms with Crippen LogP contribution in [0.5, 0.6) is 0 Å². The number of ketones is 1. The van der Waals surface area contributed by atoms with E-state index in [2.05, 4.69) is 33.9 Å². The first kappa shape index (κ1) is 36.1. The highest BCUT2D eigenvalue weighted by molar-refractivity contribution is 6.37. The molecule has 0 saturated heterocycles. The fraction of sp³-hybridized carbons (Fsp3) is 0.244. The number of carbonyl (C=O) groups excluding carboxylic acids is 5. The molecule has 3 atom stereocenters. The van der Waals surface area contributed by atoms with Crippen molar-refractivity contribution >= 4 is 41.0 Å². The van der Waals surface area contributed by atoms with E-state index in [0.29, 0.717) is 28.3 Å². The van der Waals surface area contributed by atoms with Gasteiger partial charge in [-0.1, -0.05) is 79.7 Å². The lowest BCUT2D eigenvalue weighted by molar-refractivity contribution is -0.140. The van der Waals surface area contributed by atoms with Gasteiger partial charge in [-0.2, -0.15) is 0 Å². The Bertz CT molecular complexity index is 2080. The van der Waals surface area contributed by atoms with Crippen molar-refractivity contribution in [2.75, 3.05) is 27.2 Å². The standard InChI is InChI=1S/C41H40ClN5O5/c1-23(21-44-39(50)28-9-7-26(8-10-28)27-13-15-32(42)16-14-27)47(4)37-31-12-11-30-19-29-6-5-25(17-33(29)34(30)20-31)18-35(24(2)38(49)41(52)43-3)46-36(48)22-45-40(37)51/h5-17,20,24,35,37H,1,18-19,21-22H2,2-4H3,(H,43,52)(H,44,50)(H,45,51)(H,46,48). The molecule has 4 bridgehead atoms. The first-order chi connectivity index (χ1) is 24.9. The van der Waals surface area contributed by atoms with Crippen LogP contribution in [-0.2, 0) is 32.0 Å². The molecule has 0 fully saturated rings. The van der Waals surface area contributed by atoms with Gasteiger partial charge in [-0.3, -0.25) is 24.0 Å². The van der Waals surface area contributed by atoms with E-state index in [1.54, 1.807) is 31.0 Å². The highest BCUT2D eigenvalue weighted by atomic mass is 35.5. The predicted octanol–water partition coefficient (Wildman–Crippen LogP) is 4.60. The molecule has 4 amide bonds. The third-order valence-corrected chi connectivity index (χ3v) is 10.2. The first-order valence-electron chi connectivity index (χ1n) is 17.1. The van der Waals surface area contributed by atoms with Crippen molar-refractivity contribution in [3.05, 3.63) is 130 Å². The summed E-state index contributed by atoms with van der Waals surface area (Å²) in [6.07, 6.45) is 1.04. The number of carbonyl (C=O) groups is 5. The van der Waals surface area contributed by atoms with Gasteiger partial charge >= 0.3 is 0 Å². The number of hydrogen-bond donors (Lipinski definition) is 4. The van der Waals surface area contributed by atoms with Gasteiger partial charge < -0.3 is 26.2 Å². The maximum Gasteiger partial charge on any atom is 0.287 e. The molecule has 1 heterocycles. The molecule has 6 rings (SSSR count). The summed E-state index contributed by atoms with van der Waals surface area (Å²) in [7, 11) is 3.11. The maximum atomic E-state index is 14.0. The van der Waals surface area contributed by atoms with Crippen molar-refractivity contribution in [3.63, 3.8) is 0 Å². The Morgan fingerprint density at radius 3 is 2.23 bits per heavy atom. The number of benzene rings is 4. The van der Waals surface area contributed by atoms with E-state index >= 15 is 0 Å². The van der Waals surface area contributed by atoms with Crippen LogP contribution in [0.3, 0.4) is 0 Å². The van der Waals surface area contributed by atoms with Gasteiger partial charge in [0, 0.05) is 42.3 Å². The number of nitrogens with one attached hydrogen (secondary N) is 4. The van der Waals surface area contributed by atoms with Crippen LogP contribution < -0.4 is 21.3 Å². The summed E-state index contributed by atoms with van der Waals surface area (Å²) in [5.74, 6) is -3.45. The van der Waals surface area contributed by atoms with E-state index in [4.69, 9.17) is 11.6 Å². The normalized spacial score (nSPS) is 16.9. The van der Waals surface area contributed by atoms with E-state index in [-0.39, 0.29) is 19.0 Å². The van der Waals surface area contributed by atoms with Gasteiger partial charge in [0.2, 0.25) is 17.6 Å². The van der Waals surface area contributed by atoms with E-state index < -0.39 is 41.5 Å².